The van der Waals surface area contributed by atoms with E-state index in [1.807, 2.05) is 13.0 Å². The molecule has 11 nitrogen and oxygen atoms in total. The lowest BCUT2D eigenvalue weighted by Crippen LogP contribution is -2.30. The largest absolute Gasteiger partial charge is 0.481 e. The van der Waals surface area contributed by atoms with E-state index in [4.69, 9.17) is 4.52 Å². The lowest BCUT2D eigenvalue weighted by atomic mass is 9.89. The van der Waals surface area contributed by atoms with Gasteiger partial charge in [0.1, 0.15) is 5.76 Å². The van der Waals surface area contributed by atoms with Gasteiger partial charge in [0.15, 0.2) is 5.69 Å². The van der Waals surface area contributed by atoms with E-state index in [1.54, 1.807) is 87.9 Å². The molecule has 1 aliphatic heterocycles. The highest BCUT2D eigenvalue weighted by Gasteiger charge is 2.41. The van der Waals surface area contributed by atoms with Crippen LogP contribution in [-0.2, 0) is 16.0 Å². The van der Waals surface area contributed by atoms with E-state index in [2.05, 4.69) is 17.1 Å². The van der Waals surface area contributed by atoms with Crippen LogP contribution in [0.25, 0.3) is 0 Å². The van der Waals surface area contributed by atoms with Gasteiger partial charge in [-0.05, 0) is 54.8 Å². The minimum atomic E-state index is -0.982. The molecule has 4 rings (SSSR count). The van der Waals surface area contributed by atoms with Gasteiger partial charge >= 0.3 is 12.0 Å². The molecular weight excluding hydrogens is 574 g/mol. The van der Waals surface area contributed by atoms with Crippen LogP contribution in [0.15, 0.2) is 95.7 Å². The Labute approximate surface area is 262 Å². The van der Waals surface area contributed by atoms with E-state index in [0.717, 1.165) is 16.7 Å². The second-order valence-electron chi connectivity index (χ2n) is 11.0. The molecule has 11 heteroatoms. The van der Waals surface area contributed by atoms with Crippen LogP contribution in [0.5, 0.6) is 0 Å². The second-order valence-corrected chi connectivity index (χ2v) is 11.0. The quantitative estimate of drug-likeness (QED) is 0.299. The van der Waals surface area contributed by atoms with E-state index in [1.165, 1.54) is 20.8 Å². The summed E-state index contributed by atoms with van der Waals surface area (Å²) in [5.74, 6) is -2.19. The van der Waals surface area contributed by atoms with Crippen molar-refractivity contribution in [1.82, 2.24) is 15.0 Å². The van der Waals surface area contributed by atoms with Crippen molar-refractivity contribution in [3.05, 3.63) is 114 Å². The van der Waals surface area contributed by atoms with Gasteiger partial charge in [-0.2, -0.15) is 0 Å². The highest BCUT2D eigenvalue weighted by molar-refractivity contribution is 5.95. The van der Waals surface area contributed by atoms with E-state index >= 15 is 0 Å². The first-order chi connectivity index (χ1) is 21.5. The number of nitrogens with one attached hydrogen (secondary N) is 1. The van der Waals surface area contributed by atoms with Gasteiger partial charge in [-0.15, -0.1) is 0 Å². The molecular formula is C34H37N5O6. The molecule has 234 valence electrons. The fourth-order valence-electron chi connectivity index (χ4n) is 5.11. The molecule has 1 aromatic heterocycles. The zero-order chi connectivity index (χ0) is 32.7. The van der Waals surface area contributed by atoms with Gasteiger partial charge in [-0.3, -0.25) is 14.4 Å². The van der Waals surface area contributed by atoms with Crippen molar-refractivity contribution in [3.63, 3.8) is 0 Å². The van der Waals surface area contributed by atoms with Crippen LogP contribution in [0, 0.1) is 12.8 Å². The van der Waals surface area contributed by atoms with Gasteiger partial charge in [0.2, 0.25) is 5.91 Å². The van der Waals surface area contributed by atoms with Crippen molar-refractivity contribution in [2.75, 3.05) is 37.4 Å². The van der Waals surface area contributed by atoms with Crippen LogP contribution in [0.3, 0.4) is 0 Å². The Bertz CT molecular complexity index is 1620. The monoisotopic (exact) mass is 611 g/mol. The fourth-order valence-corrected chi connectivity index (χ4v) is 5.11. The number of carboxylic acids is 1. The maximum atomic E-state index is 13.1. The van der Waals surface area contributed by atoms with Gasteiger partial charge in [0.25, 0.3) is 5.91 Å². The fraction of sp³-hybridized carbons (Fsp3) is 0.265. The number of aryl methyl sites for hydroxylation is 1. The molecule has 0 aliphatic carbocycles. The molecule has 4 amide bonds. The summed E-state index contributed by atoms with van der Waals surface area (Å²) in [5, 5.41) is 16.5. The predicted octanol–water partition coefficient (Wildman–Crippen LogP) is 5.24. The van der Waals surface area contributed by atoms with Crippen molar-refractivity contribution < 1.29 is 28.8 Å². The third-order valence-corrected chi connectivity index (χ3v) is 7.63. The Hall–Kier alpha value is -5.45. The average molecular weight is 612 g/mol. The first-order valence-electron chi connectivity index (χ1n) is 14.4. The van der Waals surface area contributed by atoms with E-state index in [-0.39, 0.29) is 43.0 Å². The number of amides is 4. The van der Waals surface area contributed by atoms with Crippen LogP contribution < -0.4 is 10.2 Å². The average Bonchev–Trinajstić information content (AvgIpc) is 3.67. The van der Waals surface area contributed by atoms with Crippen LogP contribution in [-0.4, -0.2) is 71.1 Å². The number of aliphatic carboxylic acids is 1. The number of allylic oxidation sites excluding steroid dienone is 4. The number of carboxylic acid groups (broad SMARTS) is 1. The van der Waals surface area contributed by atoms with Crippen molar-refractivity contribution in [1.29, 1.82) is 0 Å². The number of aromatic nitrogens is 1. The number of anilines is 2. The molecule has 0 radical (unpaired) electrons. The summed E-state index contributed by atoms with van der Waals surface area (Å²) in [6.45, 7) is 7.49. The molecule has 1 fully saturated rings. The summed E-state index contributed by atoms with van der Waals surface area (Å²) >= 11 is 0. The molecule has 2 unspecified atom stereocenters. The normalized spacial score (nSPS) is 16.4. The zero-order valence-electron chi connectivity index (χ0n) is 25.8. The SMILES string of the molecule is C=C/C=C/C(C)=C/N(C)C(=O)Nc1ccc(CC(=O)N(C)c2ccc(C3CN(C(=O)c4cc(C)on4)CC3C(=O)O)cc2)cc1. The minimum absolute atomic E-state index is 0.0640. The summed E-state index contributed by atoms with van der Waals surface area (Å²) < 4.78 is 5.00. The molecule has 1 aliphatic rings. The summed E-state index contributed by atoms with van der Waals surface area (Å²) in [6.07, 6.45) is 7.15. The Morgan fingerprint density at radius 2 is 1.78 bits per heavy atom. The van der Waals surface area contributed by atoms with E-state index in [9.17, 15) is 24.3 Å². The van der Waals surface area contributed by atoms with Crippen molar-refractivity contribution >= 4 is 35.2 Å². The molecule has 0 saturated carbocycles. The topological polar surface area (TPSA) is 136 Å². The van der Waals surface area contributed by atoms with Crippen molar-refractivity contribution in [2.24, 2.45) is 5.92 Å². The number of benzene rings is 2. The van der Waals surface area contributed by atoms with Crippen molar-refractivity contribution in [2.45, 2.75) is 26.2 Å². The molecule has 45 heavy (non-hydrogen) atoms. The number of hydrogen-bond acceptors (Lipinski definition) is 6. The molecule has 3 aromatic rings. The van der Waals surface area contributed by atoms with Gasteiger partial charge in [0, 0.05) is 56.7 Å². The second kappa shape index (κ2) is 14.3. The zero-order valence-corrected chi connectivity index (χ0v) is 25.8. The number of hydrogen-bond donors (Lipinski definition) is 2. The van der Waals surface area contributed by atoms with Gasteiger partial charge in [0.05, 0.1) is 12.3 Å². The first kappa shape index (κ1) is 32.5. The van der Waals surface area contributed by atoms with Gasteiger partial charge in [-0.1, -0.05) is 54.2 Å². The lowest BCUT2D eigenvalue weighted by molar-refractivity contribution is -0.141. The molecule has 2 atom stereocenters. The molecule has 0 spiro atoms. The summed E-state index contributed by atoms with van der Waals surface area (Å²) in [7, 11) is 3.34. The summed E-state index contributed by atoms with van der Waals surface area (Å²) in [6, 6.07) is 15.4. The predicted molar refractivity (Wildman–Crippen MR) is 171 cm³/mol. The first-order valence-corrected chi connectivity index (χ1v) is 14.4. The van der Waals surface area contributed by atoms with Crippen LogP contribution in [0.4, 0.5) is 16.2 Å². The molecule has 2 aromatic carbocycles. The molecule has 1 saturated heterocycles. The van der Waals surface area contributed by atoms with Crippen LogP contribution in [0.2, 0.25) is 0 Å². The minimum Gasteiger partial charge on any atom is -0.481 e. The number of nitrogens with zero attached hydrogens (tertiary/aromatic N) is 4. The number of rotatable bonds is 10. The Morgan fingerprint density at radius 3 is 2.38 bits per heavy atom. The maximum absolute atomic E-state index is 13.1. The van der Waals surface area contributed by atoms with E-state index in [0.29, 0.717) is 17.1 Å². The Morgan fingerprint density at radius 1 is 1.09 bits per heavy atom. The Kier molecular flexibility index (Phi) is 10.4. The highest BCUT2D eigenvalue weighted by Crippen LogP contribution is 2.34. The third-order valence-electron chi connectivity index (χ3n) is 7.63. The molecule has 2 heterocycles. The maximum Gasteiger partial charge on any atom is 0.325 e. The highest BCUT2D eigenvalue weighted by atomic mass is 16.5. The van der Waals surface area contributed by atoms with Crippen LogP contribution in [0.1, 0.15) is 40.2 Å². The number of carbonyl (C=O) groups excluding carboxylic acids is 3. The third kappa shape index (κ3) is 8.14. The van der Waals surface area contributed by atoms with Gasteiger partial charge < -0.3 is 29.6 Å². The number of urea groups is 1. The molecule has 2 N–H and O–H groups in total. The number of likely N-dealkylation sites (N-methyl/N-ethyl adjacent to an activating group) is 1. The van der Waals surface area contributed by atoms with Crippen molar-refractivity contribution in [3.8, 4) is 0 Å². The summed E-state index contributed by atoms with van der Waals surface area (Å²) in [4.78, 5) is 55.0. The summed E-state index contributed by atoms with van der Waals surface area (Å²) in [5.41, 5.74) is 3.83. The van der Waals surface area contributed by atoms with E-state index < -0.39 is 17.8 Å². The number of likely N-dealkylation sites (tertiary alicyclic amines) is 1. The number of carbonyl (C=O) groups is 4. The van der Waals surface area contributed by atoms with Crippen LogP contribution >= 0.6 is 0 Å². The lowest BCUT2D eigenvalue weighted by Gasteiger charge is -2.20. The Balaban J connectivity index is 1.35. The van der Waals surface area contributed by atoms with Gasteiger partial charge in [-0.25, -0.2) is 4.79 Å². The molecule has 0 bridgehead atoms. The standard InChI is InChI=1S/C34H37N5O6/c1-6-7-8-22(2)19-37(4)34(44)35-26-13-9-24(10-14-26)18-31(40)38(5)27-15-11-25(12-16-27)28-20-39(21-29(28)33(42)43)32(41)30-17-23(3)45-36-30/h6-17,19,28-29H,1,18,20-21H2,2-5H3,(H,35,44)(H,42,43)/b8-7+,22-19+. The smallest absolute Gasteiger partial charge is 0.325 e.